The van der Waals surface area contributed by atoms with Gasteiger partial charge in [-0.05, 0) is 6.07 Å². The minimum Gasteiger partial charge on any atom is -0.506 e. The fourth-order valence-electron chi connectivity index (χ4n) is 2.22. The summed E-state index contributed by atoms with van der Waals surface area (Å²) in [7, 11) is 0. The molecule has 1 aliphatic heterocycles. The monoisotopic (exact) mass is 276 g/mol. The molecule has 0 aromatic heterocycles. The van der Waals surface area contributed by atoms with Crippen molar-refractivity contribution in [1.29, 1.82) is 0 Å². The molecule has 1 fully saturated rings. The number of phenolic OH excluding ortho intramolecular Hbond substituents is 1. The third-order valence-electron chi connectivity index (χ3n) is 3.12. The summed E-state index contributed by atoms with van der Waals surface area (Å²) in [6.07, 6.45) is -2.56. The summed E-state index contributed by atoms with van der Waals surface area (Å²) in [4.78, 5) is 1.67. The maximum atomic E-state index is 13.3. The molecule has 1 aromatic carbocycles. The zero-order chi connectivity index (χ0) is 13.1. The van der Waals surface area contributed by atoms with Gasteiger partial charge in [-0.15, -0.1) is 0 Å². The Morgan fingerprint density at radius 3 is 2.56 bits per heavy atom. The van der Waals surface area contributed by atoms with Crippen LogP contribution in [-0.2, 0) is 0 Å². The highest BCUT2D eigenvalue weighted by atomic mass is 35.5. The van der Waals surface area contributed by atoms with Gasteiger partial charge in [0.1, 0.15) is 11.8 Å². The standard InChI is InChI=1S/C12H15ClF2N2O/c13-9-3-1-2-8(11(9)18)10(12(14)15)17-6-4-16-5-7-17/h1-3,10,12,16,18H,4-7H2/t10-/m0/s1. The van der Waals surface area contributed by atoms with Crippen LogP contribution in [-0.4, -0.2) is 42.6 Å². The Hall–Kier alpha value is -0.910. The number of aromatic hydroxyl groups is 1. The Kier molecular flexibility index (Phi) is 4.37. The quantitative estimate of drug-likeness (QED) is 0.889. The van der Waals surface area contributed by atoms with Crippen LogP contribution in [0.4, 0.5) is 8.78 Å². The van der Waals surface area contributed by atoms with Gasteiger partial charge in [-0.25, -0.2) is 8.78 Å². The fraction of sp³-hybridized carbons (Fsp3) is 0.500. The van der Waals surface area contributed by atoms with E-state index in [0.717, 1.165) is 0 Å². The molecular formula is C12H15ClF2N2O. The number of para-hydroxylation sites is 1. The number of phenols is 1. The first-order chi connectivity index (χ1) is 8.61. The van der Waals surface area contributed by atoms with Gasteiger partial charge in [0.25, 0.3) is 6.43 Å². The molecule has 0 radical (unpaired) electrons. The normalized spacial score (nSPS) is 19.1. The smallest absolute Gasteiger partial charge is 0.258 e. The van der Waals surface area contributed by atoms with Gasteiger partial charge in [-0.2, -0.15) is 0 Å². The van der Waals surface area contributed by atoms with Gasteiger partial charge in [0.2, 0.25) is 0 Å². The van der Waals surface area contributed by atoms with Gasteiger partial charge in [-0.3, -0.25) is 4.90 Å². The zero-order valence-electron chi connectivity index (χ0n) is 9.74. The second kappa shape index (κ2) is 5.82. The summed E-state index contributed by atoms with van der Waals surface area (Å²) in [5, 5.41) is 13.1. The van der Waals surface area contributed by atoms with Gasteiger partial charge in [0, 0.05) is 31.7 Å². The van der Waals surface area contributed by atoms with Crippen molar-refractivity contribution in [3.05, 3.63) is 28.8 Å². The average Bonchev–Trinajstić information content (AvgIpc) is 2.36. The minimum absolute atomic E-state index is 0.105. The van der Waals surface area contributed by atoms with Crippen molar-refractivity contribution in [3.8, 4) is 5.75 Å². The van der Waals surface area contributed by atoms with Crippen LogP contribution in [0, 0.1) is 0 Å². The Bertz CT molecular complexity index is 411. The van der Waals surface area contributed by atoms with Crippen LogP contribution in [0.2, 0.25) is 5.02 Å². The topological polar surface area (TPSA) is 35.5 Å². The molecule has 0 aliphatic carbocycles. The van der Waals surface area contributed by atoms with Crippen LogP contribution in [0.3, 0.4) is 0 Å². The molecule has 18 heavy (non-hydrogen) atoms. The SMILES string of the molecule is Oc1c(Cl)cccc1[C@@H](C(F)F)N1CCNCC1. The molecule has 100 valence electrons. The van der Waals surface area contributed by atoms with Crippen molar-refractivity contribution in [1.82, 2.24) is 10.2 Å². The second-order valence-corrected chi connectivity index (χ2v) is 4.65. The summed E-state index contributed by atoms with van der Waals surface area (Å²) >= 11 is 5.78. The van der Waals surface area contributed by atoms with E-state index in [2.05, 4.69) is 5.32 Å². The molecule has 0 amide bonds. The highest BCUT2D eigenvalue weighted by Gasteiger charge is 2.32. The van der Waals surface area contributed by atoms with E-state index >= 15 is 0 Å². The predicted molar refractivity (Wildman–Crippen MR) is 66.3 cm³/mol. The van der Waals surface area contributed by atoms with Crippen LogP contribution >= 0.6 is 11.6 Å². The van der Waals surface area contributed by atoms with Crippen molar-refractivity contribution in [2.75, 3.05) is 26.2 Å². The number of nitrogens with one attached hydrogen (secondary N) is 1. The molecule has 1 aliphatic rings. The number of piperazine rings is 1. The van der Waals surface area contributed by atoms with Crippen LogP contribution in [0.15, 0.2) is 18.2 Å². The Morgan fingerprint density at radius 1 is 1.28 bits per heavy atom. The molecule has 6 heteroatoms. The molecule has 1 atom stereocenters. The van der Waals surface area contributed by atoms with Gasteiger partial charge in [-0.1, -0.05) is 23.7 Å². The number of halogens is 3. The van der Waals surface area contributed by atoms with E-state index in [4.69, 9.17) is 11.6 Å². The first-order valence-corrected chi connectivity index (χ1v) is 6.19. The number of rotatable bonds is 3. The first kappa shape index (κ1) is 13.5. The summed E-state index contributed by atoms with van der Waals surface area (Å²) in [6.45, 7) is 2.40. The third kappa shape index (κ3) is 2.74. The largest absolute Gasteiger partial charge is 0.506 e. The van der Waals surface area contributed by atoms with E-state index in [9.17, 15) is 13.9 Å². The summed E-state index contributed by atoms with van der Waals surface area (Å²) in [5.74, 6) is -0.247. The summed E-state index contributed by atoms with van der Waals surface area (Å²) in [6, 6.07) is 3.46. The molecule has 0 bridgehead atoms. The van der Waals surface area contributed by atoms with E-state index < -0.39 is 12.5 Å². The number of nitrogens with zero attached hydrogens (tertiary/aromatic N) is 1. The number of benzene rings is 1. The van der Waals surface area contributed by atoms with E-state index in [1.165, 1.54) is 12.1 Å². The molecule has 2 rings (SSSR count). The average molecular weight is 277 g/mol. The lowest BCUT2D eigenvalue weighted by atomic mass is 10.0. The Balaban J connectivity index is 2.31. The molecule has 1 heterocycles. The maximum Gasteiger partial charge on any atom is 0.258 e. The number of alkyl halides is 2. The van der Waals surface area contributed by atoms with Crippen molar-refractivity contribution in [2.24, 2.45) is 0 Å². The minimum atomic E-state index is -2.56. The van der Waals surface area contributed by atoms with Crippen molar-refractivity contribution >= 4 is 11.6 Å². The summed E-state index contributed by atoms with van der Waals surface area (Å²) < 4.78 is 26.5. The van der Waals surface area contributed by atoms with E-state index in [1.807, 2.05) is 0 Å². The van der Waals surface area contributed by atoms with Crippen LogP contribution in [0.1, 0.15) is 11.6 Å². The molecular weight excluding hydrogens is 262 g/mol. The Labute approximate surface area is 109 Å². The lowest BCUT2D eigenvalue weighted by Gasteiger charge is -2.34. The highest BCUT2D eigenvalue weighted by molar-refractivity contribution is 6.32. The number of hydrogen-bond acceptors (Lipinski definition) is 3. The van der Waals surface area contributed by atoms with Gasteiger partial charge >= 0.3 is 0 Å². The van der Waals surface area contributed by atoms with Gasteiger partial charge in [0.05, 0.1) is 5.02 Å². The molecule has 1 saturated heterocycles. The fourth-order valence-corrected chi connectivity index (χ4v) is 2.40. The number of hydrogen-bond donors (Lipinski definition) is 2. The first-order valence-electron chi connectivity index (χ1n) is 5.81. The van der Waals surface area contributed by atoms with E-state index in [-0.39, 0.29) is 16.3 Å². The van der Waals surface area contributed by atoms with Crippen LogP contribution < -0.4 is 5.32 Å². The predicted octanol–water partition coefficient (Wildman–Crippen LogP) is 2.26. The molecule has 1 aromatic rings. The van der Waals surface area contributed by atoms with Crippen molar-refractivity contribution in [3.63, 3.8) is 0 Å². The molecule has 0 spiro atoms. The lowest BCUT2D eigenvalue weighted by Crippen LogP contribution is -2.46. The van der Waals surface area contributed by atoms with Crippen LogP contribution in [0.5, 0.6) is 5.75 Å². The second-order valence-electron chi connectivity index (χ2n) is 4.24. The maximum absolute atomic E-state index is 13.3. The van der Waals surface area contributed by atoms with E-state index in [0.29, 0.717) is 26.2 Å². The molecule has 2 N–H and O–H groups in total. The van der Waals surface area contributed by atoms with Gasteiger partial charge in [0.15, 0.2) is 0 Å². The Morgan fingerprint density at radius 2 is 1.94 bits per heavy atom. The van der Waals surface area contributed by atoms with Crippen molar-refractivity contribution < 1.29 is 13.9 Å². The molecule has 3 nitrogen and oxygen atoms in total. The highest BCUT2D eigenvalue weighted by Crippen LogP contribution is 2.37. The van der Waals surface area contributed by atoms with Crippen LogP contribution in [0.25, 0.3) is 0 Å². The van der Waals surface area contributed by atoms with Crippen molar-refractivity contribution in [2.45, 2.75) is 12.5 Å². The van der Waals surface area contributed by atoms with E-state index in [1.54, 1.807) is 11.0 Å². The summed E-state index contributed by atoms with van der Waals surface area (Å²) in [5.41, 5.74) is 0.194. The molecule has 0 saturated carbocycles. The zero-order valence-corrected chi connectivity index (χ0v) is 10.5. The molecule has 0 unspecified atom stereocenters. The van der Waals surface area contributed by atoms with Gasteiger partial charge < -0.3 is 10.4 Å². The lowest BCUT2D eigenvalue weighted by molar-refractivity contribution is 0.0170. The third-order valence-corrected chi connectivity index (χ3v) is 3.43.